The first-order valence-electron chi connectivity index (χ1n) is 11.0. The van der Waals surface area contributed by atoms with E-state index in [1.54, 1.807) is 0 Å². The van der Waals surface area contributed by atoms with E-state index in [4.69, 9.17) is 9.57 Å². The summed E-state index contributed by atoms with van der Waals surface area (Å²) in [6, 6.07) is 9.98. The molecule has 1 saturated carbocycles. The number of nitrogens with zero attached hydrogens (tertiary/aromatic N) is 2. The Morgan fingerprint density at radius 1 is 1.31 bits per heavy atom. The Bertz CT molecular complexity index is 732. The maximum absolute atomic E-state index is 13.0. The number of amides is 1. The molecule has 1 aliphatic carbocycles. The summed E-state index contributed by atoms with van der Waals surface area (Å²) in [6.07, 6.45) is 4.57. The van der Waals surface area contributed by atoms with Crippen LogP contribution in [0, 0.1) is 5.92 Å². The van der Waals surface area contributed by atoms with Crippen LogP contribution in [0.1, 0.15) is 57.6 Å². The van der Waals surface area contributed by atoms with Gasteiger partial charge in [0.1, 0.15) is 11.3 Å². The van der Waals surface area contributed by atoms with Crippen LogP contribution in [-0.4, -0.2) is 54.4 Å². The maximum Gasteiger partial charge on any atom is 0.269 e. The molecule has 1 N–H and O–H groups in total. The zero-order valence-corrected chi connectivity index (χ0v) is 17.6. The van der Waals surface area contributed by atoms with Gasteiger partial charge in [-0.15, -0.1) is 0 Å². The van der Waals surface area contributed by atoms with Gasteiger partial charge in [-0.05, 0) is 24.3 Å². The molecule has 29 heavy (non-hydrogen) atoms. The largest absolute Gasteiger partial charge is 0.387 e. The third kappa shape index (κ3) is 4.64. The van der Waals surface area contributed by atoms with Gasteiger partial charge in [-0.1, -0.05) is 62.2 Å². The van der Waals surface area contributed by atoms with Gasteiger partial charge >= 0.3 is 0 Å². The summed E-state index contributed by atoms with van der Waals surface area (Å²) in [7, 11) is 0. The van der Waals surface area contributed by atoms with Crippen LogP contribution in [0.15, 0.2) is 35.5 Å². The molecular formula is C23H33N3O3. The molecular weight excluding hydrogens is 366 g/mol. The van der Waals surface area contributed by atoms with Gasteiger partial charge in [0.2, 0.25) is 0 Å². The molecule has 0 aromatic heterocycles. The van der Waals surface area contributed by atoms with Crippen LogP contribution in [-0.2, 0) is 14.4 Å². The SMILES string of the molecule is CC(C)CN1CCO[C@@]2(CCCC[C@H]2NC(=O)C2=NO[C@H](c3ccccc3)C2)C1. The van der Waals surface area contributed by atoms with Crippen molar-refractivity contribution in [2.24, 2.45) is 11.1 Å². The van der Waals surface area contributed by atoms with Crippen LogP contribution in [0.25, 0.3) is 0 Å². The first-order chi connectivity index (χ1) is 14.1. The molecule has 158 valence electrons. The minimum Gasteiger partial charge on any atom is -0.387 e. The zero-order chi connectivity index (χ0) is 20.3. The fourth-order valence-corrected chi connectivity index (χ4v) is 4.93. The Balaban J connectivity index is 1.40. The van der Waals surface area contributed by atoms with Crippen molar-refractivity contribution in [3.05, 3.63) is 35.9 Å². The molecule has 0 bridgehead atoms. The number of morpholine rings is 1. The van der Waals surface area contributed by atoms with Crippen molar-refractivity contribution >= 4 is 11.6 Å². The first-order valence-corrected chi connectivity index (χ1v) is 11.0. The Labute approximate surface area is 173 Å². The summed E-state index contributed by atoms with van der Waals surface area (Å²) in [5.41, 5.74) is 1.25. The fourth-order valence-electron chi connectivity index (χ4n) is 4.93. The highest BCUT2D eigenvalue weighted by Gasteiger charge is 2.46. The molecule has 0 radical (unpaired) electrons. The van der Waals surface area contributed by atoms with Crippen LogP contribution in [0.5, 0.6) is 0 Å². The van der Waals surface area contributed by atoms with Gasteiger partial charge in [-0.25, -0.2) is 0 Å². The number of carbonyl (C=O) groups excluding carboxylic acids is 1. The lowest BCUT2D eigenvalue weighted by Crippen LogP contribution is -2.64. The normalized spacial score (nSPS) is 30.2. The van der Waals surface area contributed by atoms with Gasteiger partial charge in [0.15, 0.2) is 6.10 Å². The quantitative estimate of drug-likeness (QED) is 0.825. The second kappa shape index (κ2) is 8.84. The third-order valence-corrected chi connectivity index (χ3v) is 6.30. The highest BCUT2D eigenvalue weighted by atomic mass is 16.6. The van der Waals surface area contributed by atoms with E-state index in [2.05, 4.69) is 29.2 Å². The monoisotopic (exact) mass is 399 g/mol. The summed E-state index contributed by atoms with van der Waals surface area (Å²) in [5.74, 6) is 0.515. The predicted molar refractivity (Wildman–Crippen MR) is 113 cm³/mol. The highest BCUT2D eigenvalue weighted by Crippen LogP contribution is 2.35. The fraction of sp³-hybridized carbons (Fsp3) is 0.652. The molecule has 1 aromatic carbocycles. The van der Waals surface area contributed by atoms with Crippen molar-refractivity contribution in [1.29, 1.82) is 0 Å². The van der Waals surface area contributed by atoms with Gasteiger partial charge in [0.25, 0.3) is 5.91 Å². The molecule has 3 atom stereocenters. The molecule has 6 nitrogen and oxygen atoms in total. The topological polar surface area (TPSA) is 63.2 Å². The minimum absolute atomic E-state index is 0.0252. The van der Waals surface area contributed by atoms with Crippen molar-refractivity contribution in [2.45, 2.75) is 63.7 Å². The molecule has 1 amide bonds. The summed E-state index contributed by atoms with van der Waals surface area (Å²) in [4.78, 5) is 21.0. The minimum atomic E-state index is -0.278. The summed E-state index contributed by atoms with van der Waals surface area (Å²) in [6.45, 7) is 8.18. The summed E-state index contributed by atoms with van der Waals surface area (Å²) < 4.78 is 6.36. The number of carbonyl (C=O) groups is 1. The van der Waals surface area contributed by atoms with E-state index in [0.29, 0.717) is 18.1 Å². The molecule has 6 heteroatoms. The molecule has 0 unspecified atom stereocenters. The van der Waals surface area contributed by atoms with Crippen molar-refractivity contribution in [3.8, 4) is 0 Å². The Morgan fingerprint density at radius 3 is 2.93 bits per heavy atom. The third-order valence-electron chi connectivity index (χ3n) is 6.30. The second-order valence-electron chi connectivity index (χ2n) is 9.06. The lowest BCUT2D eigenvalue weighted by atomic mass is 9.78. The summed E-state index contributed by atoms with van der Waals surface area (Å²) >= 11 is 0. The molecule has 2 heterocycles. The smallest absolute Gasteiger partial charge is 0.269 e. The average molecular weight is 400 g/mol. The van der Waals surface area contributed by atoms with Crippen molar-refractivity contribution in [2.75, 3.05) is 26.2 Å². The number of nitrogens with one attached hydrogen (secondary N) is 1. The average Bonchev–Trinajstić information content (AvgIpc) is 3.21. The van der Waals surface area contributed by atoms with Gasteiger partial charge < -0.3 is 14.9 Å². The molecule has 4 rings (SSSR count). The zero-order valence-electron chi connectivity index (χ0n) is 17.6. The van der Waals surface area contributed by atoms with Crippen LogP contribution in [0.4, 0.5) is 0 Å². The Hall–Kier alpha value is -1.92. The molecule has 1 spiro atoms. The number of benzene rings is 1. The highest BCUT2D eigenvalue weighted by molar-refractivity contribution is 6.39. The van der Waals surface area contributed by atoms with E-state index in [0.717, 1.165) is 57.5 Å². The number of hydrogen-bond acceptors (Lipinski definition) is 5. The van der Waals surface area contributed by atoms with Crippen molar-refractivity contribution < 1.29 is 14.4 Å². The lowest BCUT2D eigenvalue weighted by molar-refractivity contribution is -0.149. The van der Waals surface area contributed by atoms with Gasteiger partial charge in [-0.3, -0.25) is 9.69 Å². The molecule has 2 fully saturated rings. The van der Waals surface area contributed by atoms with Crippen LogP contribution >= 0.6 is 0 Å². The predicted octanol–water partition coefficient (Wildman–Crippen LogP) is 3.29. The van der Waals surface area contributed by atoms with E-state index in [1.807, 2.05) is 30.3 Å². The van der Waals surface area contributed by atoms with E-state index in [9.17, 15) is 4.79 Å². The van der Waals surface area contributed by atoms with Gasteiger partial charge in [0, 0.05) is 26.1 Å². The van der Waals surface area contributed by atoms with Crippen LogP contribution < -0.4 is 5.32 Å². The van der Waals surface area contributed by atoms with Gasteiger partial charge in [-0.2, -0.15) is 0 Å². The lowest BCUT2D eigenvalue weighted by Gasteiger charge is -2.50. The van der Waals surface area contributed by atoms with Gasteiger partial charge in [0.05, 0.1) is 12.6 Å². The number of hydrogen-bond donors (Lipinski definition) is 1. The Morgan fingerprint density at radius 2 is 2.14 bits per heavy atom. The van der Waals surface area contributed by atoms with E-state index >= 15 is 0 Å². The molecule has 2 aliphatic heterocycles. The molecule has 1 saturated heterocycles. The van der Waals surface area contributed by atoms with E-state index < -0.39 is 0 Å². The van der Waals surface area contributed by atoms with E-state index in [-0.39, 0.29) is 23.7 Å². The summed E-state index contributed by atoms with van der Waals surface area (Å²) in [5, 5.41) is 7.37. The number of oxime groups is 1. The maximum atomic E-state index is 13.0. The second-order valence-corrected chi connectivity index (χ2v) is 9.06. The first kappa shape index (κ1) is 20.4. The standard InChI is InChI=1S/C23H33N3O3/c1-17(2)15-26-12-13-28-23(16-26)11-7-6-10-21(23)24-22(27)19-14-20(29-25-19)18-8-4-3-5-9-18/h3-5,8-9,17,20-21H,6-7,10-16H2,1-2H3,(H,24,27)/t20-,21+,23-/m0/s1. The van der Waals surface area contributed by atoms with Crippen LogP contribution in [0.2, 0.25) is 0 Å². The number of rotatable bonds is 5. The number of ether oxygens (including phenoxy) is 1. The van der Waals surface area contributed by atoms with Crippen molar-refractivity contribution in [3.63, 3.8) is 0 Å². The Kier molecular flexibility index (Phi) is 6.20. The molecule has 3 aliphatic rings. The van der Waals surface area contributed by atoms with E-state index in [1.165, 1.54) is 0 Å². The van der Waals surface area contributed by atoms with Crippen molar-refractivity contribution in [1.82, 2.24) is 10.2 Å². The molecule has 1 aromatic rings. The van der Waals surface area contributed by atoms with Crippen LogP contribution in [0.3, 0.4) is 0 Å².